The molecule has 4 rings (SSSR count). The second kappa shape index (κ2) is 6.14. The van der Waals surface area contributed by atoms with E-state index < -0.39 is 0 Å². The van der Waals surface area contributed by atoms with Gasteiger partial charge in [0.05, 0.1) is 10.8 Å². The third kappa shape index (κ3) is 3.08. The fourth-order valence-electron chi connectivity index (χ4n) is 2.65. The Morgan fingerprint density at radius 3 is 2.96 bits per heavy atom. The lowest BCUT2D eigenvalue weighted by molar-refractivity contribution is 0.116. The van der Waals surface area contributed by atoms with Gasteiger partial charge in [0.25, 0.3) is 0 Å². The van der Waals surface area contributed by atoms with Crippen molar-refractivity contribution in [2.75, 3.05) is 13.1 Å². The molecule has 0 atom stereocenters. The van der Waals surface area contributed by atoms with Gasteiger partial charge >= 0.3 is 0 Å². The van der Waals surface area contributed by atoms with Crippen LogP contribution in [-0.2, 0) is 6.54 Å². The normalized spacial score (nSPS) is 15.7. The first kappa shape index (κ1) is 15.0. The molecule has 1 aliphatic heterocycles. The Bertz CT molecular complexity index is 815. The van der Waals surface area contributed by atoms with Crippen LogP contribution < -0.4 is 0 Å². The number of thiophene rings is 1. The van der Waals surface area contributed by atoms with Gasteiger partial charge in [-0.3, -0.25) is 4.90 Å². The van der Waals surface area contributed by atoms with Gasteiger partial charge in [0.15, 0.2) is 0 Å². The number of likely N-dealkylation sites (tertiary alicyclic amines) is 1. The van der Waals surface area contributed by atoms with Crippen molar-refractivity contribution in [2.24, 2.45) is 0 Å². The van der Waals surface area contributed by atoms with E-state index in [-0.39, 0.29) is 11.7 Å². The number of hydrogen-bond acceptors (Lipinski definition) is 5. The molecule has 1 saturated heterocycles. The zero-order valence-corrected chi connectivity index (χ0v) is 14.5. The predicted molar refractivity (Wildman–Crippen MR) is 89.7 cm³/mol. The summed E-state index contributed by atoms with van der Waals surface area (Å²) in [5.74, 6) is 1.36. The van der Waals surface area contributed by atoms with Gasteiger partial charge in [-0.2, -0.15) is 4.98 Å². The fourth-order valence-corrected chi connectivity index (χ4v) is 3.64. The van der Waals surface area contributed by atoms with Gasteiger partial charge in [-0.25, -0.2) is 4.39 Å². The molecule has 0 bridgehead atoms. The highest BCUT2D eigenvalue weighted by Gasteiger charge is 2.33. The molecule has 0 N–H and O–H groups in total. The van der Waals surface area contributed by atoms with Gasteiger partial charge in [-0.1, -0.05) is 33.2 Å². The van der Waals surface area contributed by atoms with Crippen molar-refractivity contribution in [3.8, 4) is 10.7 Å². The summed E-state index contributed by atoms with van der Waals surface area (Å²) in [4.78, 5) is 7.65. The zero-order valence-electron chi connectivity index (χ0n) is 12.1. The molecule has 1 fully saturated rings. The lowest BCUT2D eigenvalue weighted by Gasteiger charge is -2.37. The molecule has 0 spiro atoms. The quantitative estimate of drug-likeness (QED) is 0.662. The third-order valence-electron chi connectivity index (χ3n) is 3.90. The Morgan fingerprint density at radius 1 is 1.35 bits per heavy atom. The highest BCUT2D eigenvalue weighted by atomic mass is 79.9. The second-order valence-electron chi connectivity index (χ2n) is 5.56. The summed E-state index contributed by atoms with van der Waals surface area (Å²) in [5, 5.41) is 6.02. The molecule has 0 aliphatic carbocycles. The van der Waals surface area contributed by atoms with Gasteiger partial charge in [0.2, 0.25) is 11.7 Å². The van der Waals surface area contributed by atoms with Crippen molar-refractivity contribution in [1.29, 1.82) is 0 Å². The summed E-state index contributed by atoms with van der Waals surface area (Å²) >= 11 is 4.86. The number of nitrogens with zero attached hydrogens (tertiary/aromatic N) is 3. The Morgan fingerprint density at radius 2 is 2.22 bits per heavy atom. The van der Waals surface area contributed by atoms with E-state index in [4.69, 9.17) is 4.52 Å². The topological polar surface area (TPSA) is 42.2 Å². The highest BCUT2D eigenvalue weighted by Crippen LogP contribution is 2.30. The molecule has 0 saturated carbocycles. The molecule has 118 valence electrons. The molecule has 23 heavy (non-hydrogen) atoms. The van der Waals surface area contributed by atoms with E-state index in [1.165, 1.54) is 6.07 Å². The van der Waals surface area contributed by atoms with E-state index in [1.807, 2.05) is 29.6 Å². The van der Waals surface area contributed by atoms with Crippen molar-refractivity contribution in [1.82, 2.24) is 15.0 Å². The first-order valence-corrected chi connectivity index (χ1v) is 8.90. The fraction of sp³-hybridized carbons (Fsp3) is 0.250. The summed E-state index contributed by atoms with van der Waals surface area (Å²) in [5.41, 5.74) is 0.705. The van der Waals surface area contributed by atoms with Crippen LogP contribution in [0.5, 0.6) is 0 Å². The molecular formula is C16H13BrFN3OS. The number of hydrogen-bond donors (Lipinski definition) is 0. The molecule has 3 heterocycles. The minimum absolute atomic E-state index is 0.180. The lowest BCUT2D eigenvalue weighted by atomic mass is 9.99. The molecule has 1 aliphatic rings. The molecular weight excluding hydrogens is 381 g/mol. The maximum absolute atomic E-state index is 13.9. The number of halogens is 2. The first-order chi connectivity index (χ1) is 11.2. The minimum atomic E-state index is -0.180. The van der Waals surface area contributed by atoms with E-state index in [0.29, 0.717) is 23.8 Å². The van der Waals surface area contributed by atoms with Crippen LogP contribution in [0.15, 0.2) is 44.7 Å². The molecule has 3 aromatic rings. The van der Waals surface area contributed by atoms with Crippen molar-refractivity contribution < 1.29 is 8.91 Å². The maximum atomic E-state index is 13.9. The van der Waals surface area contributed by atoms with E-state index in [0.717, 1.165) is 22.4 Å². The summed E-state index contributed by atoms with van der Waals surface area (Å²) < 4.78 is 20.0. The van der Waals surface area contributed by atoms with E-state index >= 15 is 0 Å². The van der Waals surface area contributed by atoms with Crippen LogP contribution in [0.25, 0.3) is 10.7 Å². The summed E-state index contributed by atoms with van der Waals surface area (Å²) in [6, 6.07) is 9.11. The number of rotatable bonds is 4. The van der Waals surface area contributed by atoms with Crippen LogP contribution >= 0.6 is 27.3 Å². The minimum Gasteiger partial charge on any atom is -0.339 e. The Hall–Kier alpha value is -1.57. The van der Waals surface area contributed by atoms with Crippen molar-refractivity contribution in [3.63, 3.8) is 0 Å². The maximum Gasteiger partial charge on any atom is 0.232 e. The standard InChI is InChI=1S/C16H13BrFN3OS/c17-12-4-3-10(13(18)6-12)7-21-8-11(9-21)16-19-15(20-22-16)14-2-1-5-23-14/h1-6,11H,7-9H2. The smallest absolute Gasteiger partial charge is 0.232 e. The predicted octanol–water partition coefficient (Wildman–Crippen LogP) is 4.30. The molecule has 7 heteroatoms. The summed E-state index contributed by atoms with van der Waals surface area (Å²) in [6.07, 6.45) is 0. The van der Waals surface area contributed by atoms with Crippen LogP contribution in [0.4, 0.5) is 4.39 Å². The van der Waals surface area contributed by atoms with Gasteiger partial charge in [-0.05, 0) is 23.6 Å². The van der Waals surface area contributed by atoms with Crippen molar-refractivity contribution >= 4 is 27.3 Å². The van der Waals surface area contributed by atoms with Crippen molar-refractivity contribution in [3.05, 3.63) is 57.5 Å². The van der Waals surface area contributed by atoms with Gasteiger partial charge in [-0.15, -0.1) is 11.3 Å². The Kier molecular flexibility index (Phi) is 4.00. The van der Waals surface area contributed by atoms with Crippen LogP contribution in [0, 0.1) is 5.82 Å². The molecule has 4 nitrogen and oxygen atoms in total. The van der Waals surface area contributed by atoms with Gasteiger partial charge < -0.3 is 4.52 Å². The number of benzene rings is 1. The van der Waals surface area contributed by atoms with Crippen LogP contribution in [0.1, 0.15) is 17.4 Å². The molecule has 1 aromatic carbocycles. The lowest BCUT2D eigenvalue weighted by Crippen LogP contribution is -2.44. The van der Waals surface area contributed by atoms with E-state index in [2.05, 4.69) is 31.0 Å². The van der Waals surface area contributed by atoms with Crippen LogP contribution in [0.3, 0.4) is 0 Å². The SMILES string of the molecule is Fc1cc(Br)ccc1CN1CC(c2nc(-c3cccs3)no2)C1. The molecule has 2 aromatic heterocycles. The molecule has 0 amide bonds. The van der Waals surface area contributed by atoms with Gasteiger partial charge in [0.1, 0.15) is 5.82 Å². The third-order valence-corrected chi connectivity index (χ3v) is 5.26. The van der Waals surface area contributed by atoms with Gasteiger partial charge in [0, 0.05) is 29.7 Å². The average Bonchev–Trinajstić information content (AvgIpc) is 3.15. The Labute approximate surface area is 145 Å². The largest absolute Gasteiger partial charge is 0.339 e. The Balaban J connectivity index is 1.38. The van der Waals surface area contributed by atoms with Crippen LogP contribution in [0.2, 0.25) is 0 Å². The van der Waals surface area contributed by atoms with E-state index in [1.54, 1.807) is 11.3 Å². The number of aromatic nitrogens is 2. The zero-order chi connectivity index (χ0) is 15.8. The summed E-state index contributed by atoms with van der Waals surface area (Å²) in [6.45, 7) is 2.21. The van der Waals surface area contributed by atoms with E-state index in [9.17, 15) is 4.39 Å². The van der Waals surface area contributed by atoms with Crippen LogP contribution in [-0.4, -0.2) is 28.1 Å². The van der Waals surface area contributed by atoms with Crippen molar-refractivity contribution in [2.45, 2.75) is 12.5 Å². The second-order valence-corrected chi connectivity index (χ2v) is 7.42. The average molecular weight is 394 g/mol. The monoisotopic (exact) mass is 393 g/mol. The molecule has 0 unspecified atom stereocenters. The summed E-state index contributed by atoms with van der Waals surface area (Å²) in [7, 11) is 0. The molecule has 0 radical (unpaired) electrons. The highest BCUT2D eigenvalue weighted by molar-refractivity contribution is 9.10. The first-order valence-electron chi connectivity index (χ1n) is 7.23.